The quantitative estimate of drug-likeness (QED) is 0.924. The van der Waals surface area contributed by atoms with Gasteiger partial charge in [0.1, 0.15) is 5.75 Å². The highest BCUT2D eigenvalue weighted by molar-refractivity contribution is 5.88. The zero-order valence-corrected chi connectivity index (χ0v) is 12.3. The number of hydrogen-bond donors (Lipinski definition) is 1. The van der Waals surface area contributed by atoms with Crippen molar-refractivity contribution in [3.63, 3.8) is 0 Å². The van der Waals surface area contributed by atoms with E-state index in [4.69, 9.17) is 4.74 Å². The van der Waals surface area contributed by atoms with Gasteiger partial charge in [-0.1, -0.05) is 36.4 Å². The average Bonchev–Trinajstić information content (AvgIpc) is 2.37. The van der Waals surface area contributed by atoms with Gasteiger partial charge in [0.05, 0.1) is 13.0 Å². The van der Waals surface area contributed by atoms with Crippen LogP contribution in [0.15, 0.2) is 42.5 Å². The molecule has 0 heterocycles. The highest BCUT2D eigenvalue weighted by atomic mass is 16.5. The first kappa shape index (κ1) is 14.4. The van der Waals surface area contributed by atoms with Crippen molar-refractivity contribution >= 4 is 16.7 Å². The lowest BCUT2D eigenvalue weighted by molar-refractivity contribution is -0.122. The topological polar surface area (TPSA) is 38.3 Å². The van der Waals surface area contributed by atoms with Crippen molar-refractivity contribution in [2.24, 2.45) is 0 Å². The van der Waals surface area contributed by atoms with E-state index in [2.05, 4.69) is 17.4 Å². The highest BCUT2D eigenvalue weighted by Crippen LogP contribution is 2.25. The largest absolute Gasteiger partial charge is 0.492 e. The van der Waals surface area contributed by atoms with Crippen LogP contribution in [0.4, 0.5) is 0 Å². The summed E-state index contributed by atoms with van der Waals surface area (Å²) in [6, 6.07) is 14.0. The van der Waals surface area contributed by atoms with Crippen molar-refractivity contribution in [3.05, 3.63) is 42.5 Å². The number of benzene rings is 2. The SMILES string of the molecule is CC(C)(C)NC(=O)CCOc1cccc2ccccc12. The molecule has 2 aromatic rings. The minimum absolute atomic E-state index is 0.0118. The van der Waals surface area contributed by atoms with E-state index in [1.54, 1.807) is 0 Å². The second kappa shape index (κ2) is 5.95. The molecule has 3 heteroatoms. The molecule has 0 saturated carbocycles. The first-order valence-electron chi connectivity index (χ1n) is 6.87. The summed E-state index contributed by atoms with van der Waals surface area (Å²) in [6.07, 6.45) is 0.362. The molecule has 2 rings (SSSR count). The van der Waals surface area contributed by atoms with Crippen LogP contribution in [0.25, 0.3) is 10.8 Å². The summed E-state index contributed by atoms with van der Waals surface area (Å²) in [6.45, 7) is 6.29. The van der Waals surface area contributed by atoms with Gasteiger partial charge in [-0.15, -0.1) is 0 Å². The van der Waals surface area contributed by atoms with Gasteiger partial charge in [-0.3, -0.25) is 4.79 Å². The number of rotatable bonds is 4. The van der Waals surface area contributed by atoms with E-state index < -0.39 is 0 Å². The molecule has 0 aromatic heterocycles. The van der Waals surface area contributed by atoms with Crippen molar-refractivity contribution in [2.45, 2.75) is 32.7 Å². The average molecular weight is 271 g/mol. The van der Waals surface area contributed by atoms with Crippen LogP contribution in [0.5, 0.6) is 5.75 Å². The predicted octanol–water partition coefficient (Wildman–Crippen LogP) is 3.52. The monoisotopic (exact) mass is 271 g/mol. The standard InChI is InChI=1S/C17H21NO2/c1-17(2,3)18-16(19)11-12-20-15-10-6-8-13-7-4-5-9-14(13)15/h4-10H,11-12H2,1-3H3,(H,18,19). The molecule has 0 saturated heterocycles. The Bertz CT molecular complexity index is 594. The zero-order chi connectivity index (χ0) is 14.6. The van der Waals surface area contributed by atoms with Gasteiger partial charge in [-0.05, 0) is 32.2 Å². The van der Waals surface area contributed by atoms with Crippen LogP contribution in [-0.2, 0) is 4.79 Å². The van der Waals surface area contributed by atoms with Crippen LogP contribution in [0.1, 0.15) is 27.2 Å². The van der Waals surface area contributed by atoms with Gasteiger partial charge in [-0.2, -0.15) is 0 Å². The van der Waals surface area contributed by atoms with Crippen LogP contribution in [-0.4, -0.2) is 18.1 Å². The molecule has 0 aliphatic rings. The molecule has 1 N–H and O–H groups in total. The minimum Gasteiger partial charge on any atom is -0.492 e. The first-order chi connectivity index (χ1) is 9.46. The number of nitrogens with one attached hydrogen (secondary N) is 1. The fraction of sp³-hybridized carbons (Fsp3) is 0.353. The summed E-state index contributed by atoms with van der Waals surface area (Å²) in [7, 11) is 0. The van der Waals surface area contributed by atoms with E-state index in [9.17, 15) is 4.79 Å². The lowest BCUT2D eigenvalue weighted by atomic mass is 10.1. The molecule has 0 aliphatic heterocycles. The molecule has 0 fully saturated rings. The van der Waals surface area contributed by atoms with Gasteiger partial charge in [0.25, 0.3) is 0 Å². The van der Waals surface area contributed by atoms with Crippen LogP contribution < -0.4 is 10.1 Å². The molecule has 0 atom stereocenters. The molecule has 1 amide bonds. The summed E-state index contributed by atoms with van der Waals surface area (Å²) in [4.78, 5) is 11.7. The lowest BCUT2D eigenvalue weighted by Crippen LogP contribution is -2.41. The smallest absolute Gasteiger partial charge is 0.223 e. The van der Waals surface area contributed by atoms with Crippen LogP contribution in [0.2, 0.25) is 0 Å². The van der Waals surface area contributed by atoms with E-state index in [-0.39, 0.29) is 11.4 Å². The Morgan fingerprint density at radius 1 is 1.10 bits per heavy atom. The number of amides is 1. The minimum atomic E-state index is -0.198. The molecular weight excluding hydrogens is 250 g/mol. The molecular formula is C17H21NO2. The Balaban J connectivity index is 1.95. The van der Waals surface area contributed by atoms with Gasteiger partial charge in [0.2, 0.25) is 5.91 Å². The predicted molar refractivity (Wildman–Crippen MR) is 82.0 cm³/mol. The molecule has 106 valence electrons. The van der Waals surface area contributed by atoms with E-state index in [1.807, 2.05) is 51.1 Å². The van der Waals surface area contributed by atoms with Gasteiger partial charge < -0.3 is 10.1 Å². The van der Waals surface area contributed by atoms with Crippen molar-refractivity contribution in [1.29, 1.82) is 0 Å². The number of hydrogen-bond acceptors (Lipinski definition) is 2. The van der Waals surface area contributed by atoms with Crippen molar-refractivity contribution < 1.29 is 9.53 Å². The van der Waals surface area contributed by atoms with E-state index in [0.717, 1.165) is 16.5 Å². The maximum Gasteiger partial charge on any atom is 0.223 e. The van der Waals surface area contributed by atoms with Crippen molar-refractivity contribution in [2.75, 3.05) is 6.61 Å². The molecule has 0 unspecified atom stereocenters. The Hall–Kier alpha value is -2.03. The van der Waals surface area contributed by atoms with Crippen LogP contribution >= 0.6 is 0 Å². The normalized spacial score (nSPS) is 11.3. The van der Waals surface area contributed by atoms with Crippen molar-refractivity contribution in [1.82, 2.24) is 5.32 Å². The Morgan fingerprint density at radius 3 is 2.55 bits per heavy atom. The second-order valence-corrected chi connectivity index (χ2v) is 5.87. The summed E-state index contributed by atoms with van der Waals surface area (Å²) >= 11 is 0. The van der Waals surface area contributed by atoms with Gasteiger partial charge in [-0.25, -0.2) is 0 Å². The van der Waals surface area contributed by atoms with Crippen LogP contribution in [0.3, 0.4) is 0 Å². The number of fused-ring (bicyclic) bond motifs is 1. The van der Waals surface area contributed by atoms with Gasteiger partial charge in [0.15, 0.2) is 0 Å². The fourth-order valence-corrected chi connectivity index (χ4v) is 2.06. The molecule has 0 spiro atoms. The maximum atomic E-state index is 11.7. The first-order valence-corrected chi connectivity index (χ1v) is 6.87. The van der Waals surface area contributed by atoms with E-state index in [0.29, 0.717) is 13.0 Å². The highest BCUT2D eigenvalue weighted by Gasteiger charge is 2.13. The third-order valence-electron chi connectivity index (χ3n) is 2.85. The van der Waals surface area contributed by atoms with E-state index in [1.165, 1.54) is 0 Å². The molecule has 2 aromatic carbocycles. The van der Waals surface area contributed by atoms with Crippen LogP contribution in [0, 0.1) is 0 Å². The summed E-state index contributed by atoms with van der Waals surface area (Å²) in [5.41, 5.74) is -0.198. The van der Waals surface area contributed by atoms with E-state index >= 15 is 0 Å². The molecule has 20 heavy (non-hydrogen) atoms. The van der Waals surface area contributed by atoms with Gasteiger partial charge >= 0.3 is 0 Å². The Kier molecular flexibility index (Phi) is 4.28. The zero-order valence-electron chi connectivity index (χ0n) is 12.3. The number of carbonyl (C=O) groups excluding carboxylic acids is 1. The summed E-state index contributed by atoms with van der Waals surface area (Å²) in [5, 5.41) is 5.14. The lowest BCUT2D eigenvalue weighted by Gasteiger charge is -2.20. The summed E-state index contributed by atoms with van der Waals surface area (Å²) < 4.78 is 5.74. The second-order valence-electron chi connectivity index (χ2n) is 5.87. The molecule has 0 aliphatic carbocycles. The van der Waals surface area contributed by atoms with Gasteiger partial charge in [0, 0.05) is 10.9 Å². The Labute approximate surface area is 119 Å². The number of ether oxygens (including phenoxy) is 1. The Morgan fingerprint density at radius 2 is 1.80 bits per heavy atom. The maximum absolute atomic E-state index is 11.7. The molecule has 0 bridgehead atoms. The third-order valence-corrected chi connectivity index (χ3v) is 2.85. The fourth-order valence-electron chi connectivity index (χ4n) is 2.06. The van der Waals surface area contributed by atoms with Crippen molar-refractivity contribution in [3.8, 4) is 5.75 Å². The molecule has 0 radical (unpaired) electrons. The molecule has 3 nitrogen and oxygen atoms in total. The summed E-state index contributed by atoms with van der Waals surface area (Å²) in [5.74, 6) is 0.837. The third kappa shape index (κ3) is 3.98. The number of carbonyl (C=O) groups is 1.